The summed E-state index contributed by atoms with van der Waals surface area (Å²) in [7, 11) is -0.750. The molecule has 1 heterocycles. The van der Waals surface area contributed by atoms with Crippen LogP contribution in [-0.2, 0) is 16.6 Å². The van der Waals surface area contributed by atoms with Crippen LogP contribution in [0, 0.1) is 5.92 Å². The lowest BCUT2D eigenvalue weighted by molar-refractivity contribution is 0.575. The molecule has 0 saturated heterocycles. The third-order valence-corrected chi connectivity index (χ3v) is 3.55. The Morgan fingerprint density at radius 2 is 2.20 bits per heavy atom. The lowest BCUT2D eigenvalue weighted by atomic mass is 10.1. The van der Waals surface area contributed by atoms with Crippen LogP contribution in [0.5, 0.6) is 0 Å². The summed E-state index contributed by atoms with van der Waals surface area (Å²) in [6.45, 7) is 4.39. The standard InChI is InChI=1S/C12H19NOS/c1-11(2)6-5-9-15(14)10-12-7-3-4-8-13-12/h3-4,7-8,11H,5-6,9-10H2,1-2H3. The van der Waals surface area contributed by atoms with Gasteiger partial charge >= 0.3 is 0 Å². The van der Waals surface area contributed by atoms with Gasteiger partial charge in [0.1, 0.15) is 0 Å². The highest BCUT2D eigenvalue weighted by atomic mass is 32.2. The molecule has 1 rings (SSSR count). The van der Waals surface area contributed by atoms with E-state index in [1.54, 1.807) is 6.20 Å². The van der Waals surface area contributed by atoms with Crippen LogP contribution in [0.1, 0.15) is 32.4 Å². The van der Waals surface area contributed by atoms with Gasteiger partial charge in [0.15, 0.2) is 0 Å². The third-order valence-electron chi connectivity index (χ3n) is 2.19. The predicted octanol–water partition coefficient (Wildman–Crippen LogP) is 2.77. The summed E-state index contributed by atoms with van der Waals surface area (Å²) in [5.74, 6) is 2.10. The minimum Gasteiger partial charge on any atom is -0.260 e. The average molecular weight is 225 g/mol. The van der Waals surface area contributed by atoms with E-state index in [2.05, 4.69) is 18.8 Å². The van der Waals surface area contributed by atoms with Crippen molar-refractivity contribution in [1.29, 1.82) is 0 Å². The van der Waals surface area contributed by atoms with Crippen molar-refractivity contribution in [3.05, 3.63) is 30.1 Å². The summed E-state index contributed by atoms with van der Waals surface area (Å²) in [4.78, 5) is 4.17. The molecule has 0 spiro atoms. The molecule has 1 aromatic heterocycles. The molecule has 0 N–H and O–H groups in total. The Morgan fingerprint density at radius 3 is 2.80 bits per heavy atom. The molecule has 0 radical (unpaired) electrons. The van der Waals surface area contributed by atoms with E-state index in [0.29, 0.717) is 11.7 Å². The van der Waals surface area contributed by atoms with Gasteiger partial charge in [0, 0.05) is 22.7 Å². The van der Waals surface area contributed by atoms with Crippen LogP contribution in [0.2, 0.25) is 0 Å². The van der Waals surface area contributed by atoms with Gasteiger partial charge in [-0.15, -0.1) is 0 Å². The first kappa shape index (κ1) is 12.4. The summed E-state index contributed by atoms with van der Waals surface area (Å²) in [6.07, 6.45) is 3.96. The van der Waals surface area contributed by atoms with E-state index in [0.717, 1.165) is 24.3 Å². The van der Waals surface area contributed by atoms with Crippen molar-refractivity contribution in [2.24, 2.45) is 5.92 Å². The molecule has 1 aromatic rings. The molecule has 0 bridgehead atoms. The van der Waals surface area contributed by atoms with Crippen molar-refractivity contribution in [2.45, 2.75) is 32.4 Å². The maximum Gasteiger partial charge on any atom is 0.0658 e. The first-order chi connectivity index (χ1) is 7.18. The van der Waals surface area contributed by atoms with E-state index in [1.807, 2.05) is 18.2 Å². The zero-order valence-corrected chi connectivity index (χ0v) is 10.3. The highest BCUT2D eigenvalue weighted by Crippen LogP contribution is 2.06. The summed E-state index contributed by atoms with van der Waals surface area (Å²) >= 11 is 0. The minimum atomic E-state index is -0.750. The monoisotopic (exact) mass is 225 g/mol. The zero-order chi connectivity index (χ0) is 11.1. The fraction of sp³-hybridized carbons (Fsp3) is 0.583. The van der Waals surface area contributed by atoms with Crippen molar-refractivity contribution in [3.8, 4) is 0 Å². The molecule has 3 heteroatoms. The second kappa shape index (κ2) is 6.72. The molecular weight excluding hydrogens is 206 g/mol. The average Bonchev–Trinajstić information content (AvgIpc) is 2.18. The van der Waals surface area contributed by atoms with Gasteiger partial charge in [-0.05, 0) is 24.5 Å². The second-order valence-electron chi connectivity index (χ2n) is 4.15. The van der Waals surface area contributed by atoms with Gasteiger partial charge in [-0.2, -0.15) is 0 Å². The van der Waals surface area contributed by atoms with Gasteiger partial charge in [-0.3, -0.25) is 9.19 Å². The van der Waals surface area contributed by atoms with Crippen LogP contribution in [0.4, 0.5) is 0 Å². The molecule has 1 atom stereocenters. The molecule has 0 aliphatic rings. The Morgan fingerprint density at radius 1 is 1.40 bits per heavy atom. The Hall–Kier alpha value is -0.700. The van der Waals surface area contributed by atoms with Gasteiger partial charge in [-0.1, -0.05) is 26.3 Å². The molecule has 0 saturated carbocycles. The summed E-state index contributed by atoms with van der Waals surface area (Å²) in [6, 6.07) is 5.75. The second-order valence-corrected chi connectivity index (χ2v) is 5.72. The summed E-state index contributed by atoms with van der Waals surface area (Å²) < 4.78 is 11.7. The summed E-state index contributed by atoms with van der Waals surface area (Å²) in [5.41, 5.74) is 0.931. The highest BCUT2D eigenvalue weighted by molar-refractivity contribution is 7.84. The van der Waals surface area contributed by atoms with E-state index in [-0.39, 0.29) is 0 Å². The van der Waals surface area contributed by atoms with E-state index < -0.39 is 10.8 Å². The Labute approximate surface area is 94.6 Å². The van der Waals surface area contributed by atoms with E-state index >= 15 is 0 Å². The van der Waals surface area contributed by atoms with Crippen molar-refractivity contribution < 1.29 is 4.21 Å². The number of nitrogens with zero attached hydrogens (tertiary/aromatic N) is 1. The SMILES string of the molecule is CC(C)CCCS(=O)Cc1ccccn1. The number of hydrogen-bond donors (Lipinski definition) is 0. The topological polar surface area (TPSA) is 30.0 Å². The van der Waals surface area contributed by atoms with Crippen molar-refractivity contribution in [1.82, 2.24) is 4.98 Å². The largest absolute Gasteiger partial charge is 0.260 e. The maximum absolute atomic E-state index is 11.7. The smallest absolute Gasteiger partial charge is 0.0658 e. The lowest BCUT2D eigenvalue weighted by Gasteiger charge is -2.04. The normalized spacial score (nSPS) is 13.0. The highest BCUT2D eigenvalue weighted by Gasteiger charge is 2.03. The molecule has 0 fully saturated rings. The quantitative estimate of drug-likeness (QED) is 0.745. The Bertz CT molecular complexity index is 298. The molecule has 15 heavy (non-hydrogen) atoms. The van der Waals surface area contributed by atoms with Gasteiger partial charge in [0.05, 0.1) is 11.4 Å². The zero-order valence-electron chi connectivity index (χ0n) is 9.48. The van der Waals surface area contributed by atoms with Crippen LogP contribution in [0.25, 0.3) is 0 Å². The van der Waals surface area contributed by atoms with Crippen LogP contribution in [0.3, 0.4) is 0 Å². The fourth-order valence-electron chi connectivity index (χ4n) is 1.37. The number of aromatic nitrogens is 1. The van der Waals surface area contributed by atoms with E-state index in [1.165, 1.54) is 0 Å². The van der Waals surface area contributed by atoms with Gasteiger partial charge in [0.25, 0.3) is 0 Å². The van der Waals surface area contributed by atoms with Gasteiger partial charge in [-0.25, -0.2) is 0 Å². The van der Waals surface area contributed by atoms with Crippen molar-refractivity contribution >= 4 is 10.8 Å². The van der Waals surface area contributed by atoms with Crippen LogP contribution < -0.4 is 0 Å². The Balaban J connectivity index is 2.25. The summed E-state index contributed by atoms with van der Waals surface area (Å²) in [5, 5.41) is 0. The first-order valence-electron chi connectivity index (χ1n) is 5.43. The van der Waals surface area contributed by atoms with Gasteiger partial charge < -0.3 is 0 Å². The molecule has 0 aliphatic heterocycles. The molecule has 0 amide bonds. The van der Waals surface area contributed by atoms with Crippen LogP contribution >= 0.6 is 0 Å². The molecule has 1 unspecified atom stereocenters. The number of rotatable bonds is 6. The lowest BCUT2D eigenvalue weighted by Crippen LogP contribution is -2.03. The third kappa shape index (κ3) is 5.67. The van der Waals surface area contributed by atoms with E-state index in [9.17, 15) is 4.21 Å². The van der Waals surface area contributed by atoms with Crippen LogP contribution in [-0.4, -0.2) is 14.9 Å². The van der Waals surface area contributed by atoms with Gasteiger partial charge in [0.2, 0.25) is 0 Å². The molecular formula is C12H19NOS. The minimum absolute atomic E-state index is 0.596. The molecule has 0 aromatic carbocycles. The Kier molecular flexibility index (Phi) is 5.54. The number of pyridine rings is 1. The molecule has 2 nitrogen and oxygen atoms in total. The molecule has 0 aliphatic carbocycles. The van der Waals surface area contributed by atoms with Crippen molar-refractivity contribution in [3.63, 3.8) is 0 Å². The fourth-order valence-corrected chi connectivity index (χ4v) is 2.51. The predicted molar refractivity (Wildman–Crippen MR) is 65.0 cm³/mol. The first-order valence-corrected chi connectivity index (χ1v) is 6.92. The van der Waals surface area contributed by atoms with Crippen molar-refractivity contribution in [2.75, 3.05) is 5.75 Å². The van der Waals surface area contributed by atoms with Crippen LogP contribution in [0.15, 0.2) is 24.4 Å². The molecule has 84 valence electrons. The number of hydrogen-bond acceptors (Lipinski definition) is 2. The van der Waals surface area contributed by atoms with E-state index in [4.69, 9.17) is 0 Å². The maximum atomic E-state index is 11.7.